The summed E-state index contributed by atoms with van der Waals surface area (Å²) >= 11 is 0. The number of methoxy groups -OCH3 is 3. The summed E-state index contributed by atoms with van der Waals surface area (Å²) < 4.78 is 35.3. The lowest BCUT2D eigenvalue weighted by Gasteiger charge is -2.26. The first kappa shape index (κ1) is 42.0. The fraction of sp³-hybridized carbons (Fsp3) is 0.327. The zero-order valence-corrected chi connectivity index (χ0v) is 35.5. The number of benzene rings is 5. The maximum absolute atomic E-state index is 14.1. The van der Waals surface area contributed by atoms with E-state index in [0.29, 0.717) is 90.9 Å². The fourth-order valence-electron chi connectivity index (χ4n) is 8.59. The molecule has 62 heavy (non-hydrogen) atoms. The molecule has 8 rings (SSSR count). The van der Waals surface area contributed by atoms with Crippen molar-refractivity contribution in [3.63, 3.8) is 0 Å². The van der Waals surface area contributed by atoms with Gasteiger partial charge in [0, 0.05) is 42.5 Å². The molecule has 0 aromatic heterocycles. The molecule has 2 amide bonds. The highest BCUT2D eigenvalue weighted by Crippen LogP contribution is 2.41. The van der Waals surface area contributed by atoms with E-state index < -0.39 is 0 Å². The van der Waals surface area contributed by atoms with E-state index in [0.717, 1.165) is 45.6 Å². The summed E-state index contributed by atoms with van der Waals surface area (Å²) in [5.41, 5.74) is 14.2. The Morgan fingerprint density at radius 1 is 0.758 bits per heavy atom. The number of aryl methyl sites for hydroxylation is 1. The number of nitrogens with one attached hydrogen (secondary N) is 1. The Morgan fingerprint density at radius 3 is 2.11 bits per heavy atom. The number of nitrogens with two attached hydrogens (primary N) is 1. The van der Waals surface area contributed by atoms with Crippen molar-refractivity contribution in [2.24, 2.45) is 5.73 Å². The van der Waals surface area contributed by atoms with Crippen LogP contribution in [0.15, 0.2) is 91.0 Å². The van der Waals surface area contributed by atoms with Crippen LogP contribution < -0.4 is 44.5 Å². The van der Waals surface area contributed by atoms with Gasteiger partial charge in [0.2, 0.25) is 0 Å². The highest BCUT2D eigenvalue weighted by molar-refractivity contribution is 6.12. The Bertz CT molecular complexity index is 2490. The van der Waals surface area contributed by atoms with Crippen LogP contribution >= 0.6 is 0 Å². The molecule has 3 N–H and O–H groups in total. The van der Waals surface area contributed by atoms with Crippen LogP contribution in [0.2, 0.25) is 0 Å². The highest BCUT2D eigenvalue weighted by atomic mass is 16.5. The number of carbonyl (C=O) groups is 3. The van der Waals surface area contributed by atoms with Gasteiger partial charge < -0.3 is 49.3 Å². The minimum Gasteiger partial charge on any atom is -0.494 e. The lowest BCUT2D eigenvalue weighted by atomic mass is 10.1. The molecule has 0 saturated heterocycles. The Morgan fingerprint density at radius 2 is 1.42 bits per heavy atom. The van der Waals surface area contributed by atoms with Crippen molar-refractivity contribution in [3.05, 3.63) is 130 Å². The molecule has 13 nitrogen and oxygen atoms in total. The molecule has 0 spiro atoms. The summed E-state index contributed by atoms with van der Waals surface area (Å²) in [6.07, 6.45) is 3.07. The minimum atomic E-state index is -0.258. The zero-order chi connectivity index (χ0) is 43.3. The van der Waals surface area contributed by atoms with Gasteiger partial charge in [0.25, 0.3) is 11.8 Å². The van der Waals surface area contributed by atoms with Crippen LogP contribution in [-0.2, 0) is 35.6 Å². The third kappa shape index (κ3) is 8.58. The number of fused-ring (bicyclic) bond motifs is 5. The normalized spacial score (nSPS) is 16.0. The average molecular weight is 841 g/mol. The van der Waals surface area contributed by atoms with Crippen LogP contribution in [0.4, 0.5) is 17.1 Å². The summed E-state index contributed by atoms with van der Waals surface area (Å²) in [7, 11) is 4.49. The van der Waals surface area contributed by atoms with Crippen LogP contribution in [0.25, 0.3) is 0 Å². The molecule has 2 atom stereocenters. The third-order valence-electron chi connectivity index (χ3n) is 11.7. The van der Waals surface area contributed by atoms with Gasteiger partial charge in [-0.2, -0.15) is 0 Å². The number of rotatable bonds is 16. The lowest BCUT2D eigenvalue weighted by Crippen LogP contribution is -2.42. The van der Waals surface area contributed by atoms with Gasteiger partial charge in [-0.25, -0.2) is 0 Å². The number of para-hydroxylation sites is 2. The van der Waals surface area contributed by atoms with E-state index in [1.54, 1.807) is 31.3 Å². The molecule has 3 heterocycles. The van der Waals surface area contributed by atoms with Crippen LogP contribution in [0, 0.1) is 6.92 Å². The monoisotopic (exact) mass is 840 g/mol. The number of anilines is 3. The van der Waals surface area contributed by atoms with E-state index in [9.17, 15) is 14.4 Å². The molecular formula is C49H52N4O9. The van der Waals surface area contributed by atoms with Gasteiger partial charge in [-0.1, -0.05) is 36.4 Å². The topological polar surface area (TPSA) is 151 Å². The van der Waals surface area contributed by atoms with Crippen LogP contribution in [-0.4, -0.2) is 70.9 Å². The highest BCUT2D eigenvalue weighted by Gasteiger charge is 2.38. The van der Waals surface area contributed by atoms with Crippen LogP contribution in [0.1, 0.15) is 67.8 Å². The predicted molar refractivity (Wildman–Crippen MR) is 236 cm³/mol. The second-order valence-electron chi connectivity index (χ2n) is 15.8. The van der Waals surface area contributed by atoms with E-state index in [2.05, 4.69) is 11.4 Å². The lowest BCUT2D eigenvalue weighted by molar-refractivity contribution is -0.140. The number of hydrogen-bond acceptors (Lipinski definition) is 11. The van der Waals surface area contributed by atoms with E-state index >= 15 is 0 Å². The number of esters is 1. The molecule has 0 bridgehead atoms. The van der Waals surface area contributed by atoms with Crippen LogP contribution in [0.3, 0.4) is 0 Å². The van der Waals surface area contributed by atoms with Crippen molar-refractivity contribution in [2.75, 3.05) is 56.1 Å². The number of unbranched alkanes of at least 4 members (excludes halogenated alkanes) is 1. The Balaban J connectivity index is 1.01. The second-order valence-corrected chi connectivity index (χ2v) is 15.8. The number of carbonyl (C=O) groups excluding carboxylic acids is 3. The second kappa shape index (κ2) is 18.5. The molecule has 0 saturated carbocycles. The molecule has 0 radical (unpaired) electrons. The van der Waals surface area contributed by atoms with Gasteiger partial charge in [-0.15, -0.1) is 0 Å². The summed E-state index contributed by atoms with van der Waals surface area (Å²) in [6, 6.07) is 28.7. The first-order valence-electron chi connectivity index (χ1n) is 20.9. The van der Waals surface area contributed by atoms with E-state index in [1.165, 1.54) is 7.11 Å². The zero-order valence-electron chi connectivity index (χ0n) is 35.5. The maximum Gasteiger partial charge on any atom is 0.305 e. The van der Waals surface area contributed by atoms with Gasteiger partial charge >= 0.3 is 5.97 Å². The fourth-order valence-corrected chi connectivity index (χ4v) is 8.59. The van der Waals surface area contributed by atoms with Crippen molar-refractivity contribution in [1.82, 2.24) is 0 Å². The van der Waals surface area contributed by atoms with Gasteiger partial charge in [0.1, 0.15) is 19.0 Å². The molecule has 5 aromatic rings. The Labute approximate surface area is 361 Å². The molecular weight excluding hydrogens is 789 g/mol. The van der Waals surface area contributed by atoms with Crippen LogP contribution in [0.5, 0.6) is 28.7 Å². The summed E-state index contributed by atoms with van der Waals surface area (Å²) in [6.45, 7) is 3.51. The summed E-state index contributed by atoms with van der Waals surface area (Å²) in [5, 5.41) is 3.49. The van der Waals surface area contributed by atoms with Crippen molar-refractivity contribution in [3.8, 4) is 28.7 Å². The van der Waals surface area contributed by atoms with Gasteiger partial charge in [-0.3, -0.25) is 14.4 Å². The molecule has 13 heteroatoms. The number of amides is 2. The molecule has 322 valence electrons. The standard InChI is InChI=1S/C49H52N4O9/c1-30-17-45(43(57-2)23-38(30)48(55)52-35(26-50)21-33-11-5-7-13-41(33)52)61-28-31-18-32(20-37(19-31)60-16-10-9-15-47(54)59-4)29-62-46-25-40-39(24-44(46)58-3)49(56)53-36(27-51-40)22-34-12-6-8-14-42(34)53/h5-8,11-14,17-20,23-25,35-36,51H,9-10,15-16,21-22,26-29,50H2,1-4H3/t35-,36-/m0/s1. The van der Waals surface area contributed by atoms with Gasteiger partial charge in [0.15, 0.2) is 23.0 Å². The Hall–Kier alpha value is -6.73. The van der Waals surface area contributed by atoms with Crippen molar-refractivity contribution in [2.45, 2.75) is 64.3 Å². The van der Waals surface area contributed by atoms with Crippen molar-refractivity contribution >= 4 is 34.8 Å². The smallest absolute Gasteiger partial charge is 0.305 e. The largest absolute Gasteiger partial charge is 0.494 e. The van der Waals surface area contributed by atoms with Gasteiger partial charge in [0.05, 0.1) is 51.3 Å². The maximum atomic E-state index is 14.1. The van der Waals surface area contributed by atoms with Crippen molar-refractivity contribution < 1.29 is 42.8 Å². The van der Waals surface area contributed by atoms with E-state index in [4.69, 9.17) is 34.2 Å². The van der Waals surface area contributed by atoms with Crippen molar-refractivity contribution in [1.29, 1.82) is 0 Å². The van der Waals surface area contributed by atoms with Gasteiger partial charge in [-0.05, 0) is 109 Å². The SMILES string of the molecule is COC(=O)CCCCOc1cc(COc2cc(C)c(C(=O)N3c4ccccc4C[C@H]3CN)cc2OC)cc(COc2cc3c(cc2OC)C(=O)N2c4ccccc4C[C@H]2CN3)c1. The number of nitrogens with zero attached hydrogens (tertiary/aromatic N) is 2. The molecule has 3 aliphatic heterocycles. The third-order valence-corrected chi connectivity index (χ3v) is 11.7. The Kier molecular flexibility index (Phi) is 12.5. The number of hydrogen-bond donors (Lipinski definition) is 2. The molecule has 0 unspecified atom stereocenters. The molecule has 0 fully saturated rings. The van der Waals surface area contributed by atoms with E-state index in [1.807, 2.05) is 84.6 Å². The first-order valence-corrected chi connectivity index (χ1v) is 20.9. The quantitative estimate of drug-likeness (QED) is 0.0755. The molecule has 0 aliphatic carbocycles. The summed E-state index contributed by atoms with van der Waals surface area (Å²) in [4.78, 5) is 43.4. The molecule has 5 aromatic carbocycles. The number of ether oxygens (including phenoxy) is 6. The predicted octanol–water partition coefficient (Wildman–Crippen LogP) is 7.42. The van der Waals surface area contributed by atoms with E-state index in [-0.39, 0.29) is 43.1 Å². The first-order chi connectivity index (χ1) is 30.2. The average Bonchev–Trinajstić information content (AvgIpc) is 3.83. The summed E-state index contributed by atoms with van der Waals surface area (Å²) in [5.74, 6) is 1.93. The minimum absolute atomic E-state index is 0.00647. The molecule has 3 aliphatic rings.